The van der Waals surface area contributed by atoms with Crippen LogP contribution >= 0.6 is 15.9 Å². The van der Waals surface area contributed by atoms with Crippen LogP contribution in [0.5, 0.6) is 11.8 Å². The van der Waals surface area contributed by atoms with Crippen LogP contribution in [0.25, 0.3) is 0 Å². The van der Waals surface area contributed by atoms with Gasteiger partial charge in [-0.3, -0.25) is 0 Å². The number of aromatic nitrogens is 2. The molecule has 1 aromatic heterocycles. The first-order valence-electron chi connectivity index (χ1n) is 5.35. The van der Waals surface area contributed by atoms with Crippen molar-refractivity contribution in [1.29, 1.82) is 0 Å². The molecule has 0 unspecified atom stereocenters. The molecular formula is C12H11BrN4O2. The number of nitrogens with zero attached hydrogens (tertiary/aromatic N) is 3. The highest BCUT2D eigenvalue weighted by Gasteiger charge is 2.06. The third-order valence-electron chi connectivity index (χ3n) is 2.34. The molecule has 7 heteroatoms. The van der Waals surface area contributed by atoms with Gasteiger partial charge in [0.1, 0.15) is 11.4 Å². The number of rotatable bonds is 3. The van der Waals surface area contributed by atoms with E-state index in [0.717, 1.165) is 10.0 Å². The molecular weight excluding hydrogens is 312 g/mol. The predicted octanol–water partition coefficient (Wildman–Crippen LogP) is 2.43. The van der Waals surface area contributed by atoms with E-state index in [2.05, 4.69) is 31.1 Å². The number of hydrogen-bond donors (Lipinski definition) is 2. The van der Waals surface area contributed by atoms with Gasteiger partial charge in [0.15, 0.2) is 5.84 Å². The molecule has 19 heavy (non-hydrogen) atoms. The second-order valence-corrected chi connectivity index (χ2v) is 4.58. The zero-order valence-corrected chi connectivity index (χ0v) is 11.6. The van der Waals surface area contributed by atoms with E-state index >= 15 is 0 Å². The van der Waals surface area contributed by atoms with Crippen LogP contribution < -0.4 is 10.5 Å². The van der Waals surface area contributed by atoms with Crippen LogP contribution in [-0.2, 0) is 0 Å². The molecule has 98 valence electrons. The van der Waals surface area contributed by atoms with Crippen LogP contribution in [0.4, 0.5) is 0 Å². The molecule has 0 bridgehead atoms. The molecule has 0 fully saturated rings. The summed E-state index contributed by atoms with van der Waals surface area (Å²) in [7, 11) is 0. The van der Waals surface area contributed by atoms with Gasteiger partial charge in [-0.05, 0) is 36.8 Å². The summed E-state index contributed by atoms with van der Waals surface area (Å²) < 4.78 is 6.51. The summed E-state index contributed by atoms with van der Waals surface area (Å²) in [6.07, 6.45) is 1.47. The minimum absolute atomic E-state index is 0.0979. The van der Waals surface area contributed by atoms with Crippen LogP contribution in [0.3, 0.4) is 0 Å². The highest BCUT2D eigenvalue weighted by molar-refractivity contribution is 9.10. The fraction of sp³-hybridized carbons (Fsp3) is 0.0833. The maximum absolute atomic E-state index is 8.59. The Morgan fingerprint density at radius 1 is 1.42 bits per heavy atom. The highest BCUT2D eigenvalue weighted by atomic mass is 79.9. The molecule has 0 aliphatic rings. The van der Waals surface area contributed by atoms with Crippen molar-refractivity contribution in [3.8, 4) is 11.8 Å². The minimum atomic E-state index is -0.0979. The summed E-state index contributed by atoms with van der Waals surface area (Å²) in [5.74, 6) is 0.511. The lowest BCUT2D eigenvalue weighted by Crippen LogP contribution is -2.15. The molecule has 2 aromatic rings. The normalized spacial score (nSPS) is 11.4. The van der Waals surface area contributed by atoms with Gasteiger partial charge in [-0.15, -0.1) is 0 Å². The van der Waals surface area contributed by atoms with E-state index in [1.807, 2.05) is 19.1 Å². The van der Waals surface area contributed by atoms with E-state index < -0.39 is 0 Å². The molecule has 0 radical (unpaired) electrons. The largest absolute Gasteiger partial charge is 0.424 e. The summed E-state index contributed by atoms with van der Waals surface area (Å²) >= 11 is 3.41. The number of aryl methyl sites for hydroxylation is 1. The Hall–Kier alpha value is -2.15. The molecule has 1 heterocycles. The standard InChI is InChI=1S/C12H11BrN4O2/c1-7-6-8(2-3-9(7)13)19-12-15-5-4-10(16-12)11(14)17-18/h2-6,18H,1H3,(H2,14,17). The van der Waals surface area contributed by atoms with Crippen molar-refractivity contribution in [2.24, 2.45) is 10.9 Å². The number of hydrogen-bond acceptors (Lipinski definition) is 5. The quantitative estimate of drug-likeness (QED) is 0.392. The van der Waals surface area contributed by atoms with Gasteiger partial charge in [0.25, 0.3) is 0 Å². The molecule has 0 saturated heterocycles. The lowest BCUT2D eigenvalue weighted by Gasteiger charge is -2.06. The smallest absolute Gasteiger partial charge is 0.322 e. The Kier molecular flexibility index (Phi) is 3.96. The van der Waals surface area contributed by atoms with Crippen LogP contribution in [0.15, 0.2) is 40.1 Å². The van der Waals surface area contributed by atoms with E-state index in [1.54, 1.807) is 6.07 Å². The van der Waals surface area contributed by atoms with Gasteiger partial charge >= 0.3 is 6.01 Å². The van der Waals surface area contributed by atoms with Crippen molar-refractivity contribution in [1.82, 2.24) is 9.97 Å². The number of ether oxygens (including phenoxy) is 1. The molecule has 3 N–H and O–H groups in total. The Morgan fingerprint density at radius 2 is 2.21 bits per heavy atom. The van der Waals surface area contributed by atoms with E-state index in [0.29, 0.717) is 11.4 Å². The number of benzene rings is 1. The average molecular weight is 323 g/mol. The molecule has 0 saturated carbocycles. The molecule has 0 atom stereocenters. The predicted molar refractivity (Wildman–Crippen MR) is 73.5 cm³/mol. The second-order valence-electron chi connectivity index (χ2n) is 3.72. The number of amidine groups is 1. The average Bonchev–Trinajstić information content (AvgIpc) is 2.42. The molecule has 6 nitrogen and oxygen atoms in total. The first-order valence-corrected chi connectivity index (χ1v) is 6.14. The van der Waals surface area contributed by atoms with Crippen molar-refractivity contribution >= 4 is 21.8 Å². The SMILES string of the molecule is Cc1cc(Oc2nccc(/C(N)=N/O)n2)ccc1Br. The van der Waals surface area contributed by atoms with E-state index in [9.17, 15) is 0 Å². The summed E-state index contributed by atoms with van der Waals surface area (Å²) in [5, 5.41) is 11.5. The van der Waals surface area contributed by atoms with Crippen molar-refractivity contribution in [2.45, 2.75) is 6.92 Å². The third-order valence-corrected chi connectivity index (χ3v) is 3.23. The highest BCUT2D eigenvalue weighted by Crippen LogP contribution is 2.24. The number of nitrogens with two attached hydrogens (primary N) is 1. The monoisotopic (exact) mass is 322 g/mol. The van der Waals surface area contributed by atoms with Crippen LogP contribution in [0.2, 0.25) is 0 Å². The van der Waals surface area contributed by atoms with Crippen molar-refractivity contribution in [2.75, 3.05) is 0 Å². The Labute approximate surface area is 118 Å². The van der Waals surface area contributed by atoms with Crippen molar-refractivity contribution in [3.63, 3.8) is 0 Å². The van der Waals surface area contributed by atoms with Crippen LogP contribution in [0, 0.1) is 6.92 Å². The summed E-state index contributed by atoms with van der Waals surface area (Å²) in [4.78, 5) is 8.00. The summed E-state index contributed by atoms with van der Waals surface area (Å²) in [6.45, 7) is 1.95. The molecule has 0 spiro atoms. The van der Waals surface area contributed by atoms with Gasteiger partial charge in [-0.1, -0.05) is 21.1 Å². The summed E-state index contributed by atoms with van der Waals surface area (Å²) in [6, 6.07) is 7.17. The molecule has 2 rings (SSSR count). The van der Waals surface area contributed by atoms with E-state index in [4.69, 9.17) is 15.7 Å². The number of oxime groups is 1. The van der Waals surface area contributed by atoms with Crippen LogP contribution in [-0.4, -0.2) is 21.0 Å². The van der Waals surface area contributed by atoms with Gasteiger partial charge in [-0.2, -0.15) is 4.98 Å². The van der Waals surface area contributed by atoms with Gasteiger partial charge in [-0.25, -0.2) is 4.98 Å². The minimum Gasteiger partial charge on any atom is -0.424 e. The zero-order valence-electron chi connectivity index (χ0n) is 10.0. The van der Waals surface area contributed by atoms with Gasteiger partial charge < -0.3 is 15.7 Å². The molecule has 0 amide bonds. The Bertz CT molecular complexity index is 631. The maximum Gasteiger partial charge on any atom is 0.322 e. The van der Waals surface area contributed by atoms with Crippen molar-refractivity contribution < 1.29 is 9.94 Å². The van der Waals surface area contributed by atoms with Gasteiger partial charge in [0.2, 0.25) is 0 Å². The zero-order chi connectivity index (χ0) is 13.8. The maximum atomic E-state index is 8.59. The Balaban J connectivity index is 2.26. The van der Waals surface area contributed by atoms with Crippen LogP contribution in [0.1, 0.15) is 11.3 Å². The summed E-state index contributed by atoms with van der Waals surface area (Å²) in [5.41, 5.74) is 6.77. The molecule has 1 aromatic carbocycles. The third kappa shape index (κ3) is 3.19. The lowest BCUT2D eigenvalue weighted by atomic mass is 10.2. The fourth-order valence-electron chi connectivity index (χ4n) is 1.37. The fourth-order valence-corrected chi connectivity index (χ4v) is 1.62. The van der Waals surface area contributed by atoms with Crippen molar-refractivity contribution in [3.05, 3.63) is 46.2 Å². The molecule has 0 aliphatic heterocycles. The topological polar surface area (TPSA) is 93.6 Å². The lowest BCUT2D eigenvalue weighted by molar-refractivity contribution is 0.318. The number of halogens is 1. The molecule has 0 aliphatic carbocycles. The second kappa shape index (κ2) is 5.66. The van der Waals surface area contributed by atoms with E-state index in [-0.39, 0.29) is 11.8 Å². The Morgan fingerprint density at radius 3 is 2.89 bits per heavy atom. The first kappa shape index (κ1) is 13.3. The first-order chi connectivity index (χ1) is 9.10. The van der Waals surface area contributed by atoms with E-state index in [1.165, 1.54) is 12.3 Å². The van der Waals surface area contributed by atoms with Gasteiger partial charge in [0, 0.05) is 10.7 Å². The van der Waals surface area contributed by atoms with Gasteiger partial charge in [0.05, 0.1) is 0 Å².